The number of likely N-dealkylation sites (tertiary alicyclic amines) is 1. The number of benzene rings is 1. The van der Waals surface area contributed by atoms with Crippen LogP contribution in [0.15, 0.2) is 47.1 Å². The van der Waals surface area contributed by atoms with Gasteiger partial charge in [0.05, 0.1) is 12.3 Å². The minimum atomic E-state index is -0.0639. The highest BCUT2D eigenvalue weighted by Gasteiger charge is 2.29. The Balaban J connectivity index is 1.76. The lowest BCUT2D eigenvalue weighted by molar-refractivity contribution is -0.119. The number of hydrogen-bond acceptors (Lipinski definition) is 3. The number of carbonyl (C=O) groups is 2. The van der Waals surface area contributed by atoms with Crippen molar-refractivity contribution < 1.29 is 14.0 Å². The molecule has 0 spiro atoms. The van der Waals surface area contributed by atoms with Gasteiger partial charge < -0.3 is 14.6 Å². The molecule has 2 amide bonds. The van der Waals surface area contributed by atoms with Gasteiger partial charge in [0.1, 0.15) is 5.76 Å². The van der Waals surface area contributed by atoms with Crippen molar-refractivity contribution in [3.63, 3.8) is 0 Å². The Morgan fingerprint density at radius 2 is 1.96 bits per heavy atom. The van der Waals surface area contributed by atoms with Gasteiger partial charge in [0.25, 0.3) is 5.91 Å². The summed E-state index contributed by atoms with van der Waals surface area (Å²) in [5.74, 6) is 0.831. The second kappa shape index (κ2) is 8.01. The molecule has 3 rings (SSSR count). The highest BCUT2D eigenvalue weighted by Crippen LogP contribution is 2.31. The molecule has 0 unspecified atom stereocenters. The third-order valence-electron chi connectivity index (χ3n) is 4.63. The average Bonchev–Trinajstić information content (AvgIpc) is 3.04. The molecule has 5 nitrogen and oxygen atoms in total. The molecule has 25 heavy (non-hydrogen) atoms. The summed E-state index contributed by atoms with van der Waals surface area (Å²) in [7, 11) is 0. The van der Waals surface area contributed by atoms with Gasteiger partial charge in [0, 0.05) is 25.6 Å². The van der Waals surface area contributed by atoms with E-state index in [1.807, 2.05) is 41.3 Å². The number of nitrogens with one attached hydrogen (secondary N) is 1. The van der Waals surface area contributed by atoms with E-state index in [9.17, 15) is 9.59 Å². The van der Waals surface area contributed by atoms with Crippen molar-refractivity contribution in [2.75, 3.05) is 6.54 Å². The van der Waals surface area contributed by atoms with E-state index in [0.717, 1.165) is 43.6 Å². The summed E-state index contributed by atoms with van der Waals surface area (Å²) in [5.41, 5.74) is 1.65. The Bertz CT molecular complexity index is 707. The van der Waals surface area contributed by atoms with E-state index in [1.165, 1.54) is 6.92 Å². The fraction of sp³-hybridized carbons (Fsp3) is 0.400. The van der Waals surface area contributed by atoms with Crippen LogP contribution >= 0.6 is 0 Å². The van der Waals surface area contributed by atoms with Crippen molar-refractivity contribution in [3.05, 3.63) is 59.5 Å². The molecule has 1 aromatic carbocycles. The Morgan fingerprint density at radius 3 is 2.64 bits per heavy atom. The molecule has 132 valence electrons. The van der Waals surface area contributed by atoms with Gasteiger partial charge in [-0.1, -0.05) is 25.0 Å². The molecule has 0 bridgehead atoms. The predicted octanol–water partition coefficient (Wildman–Crippen LogP) is 3.67. The smallest absolute Gasteiger partial charge is 0.254 e. The van der Waals surface area contributed by atoms with E-state index in [1.54, 1.807) is 6.26 Å². The van der Waals surface area contributed by atoms with Crippen LogP contribution in [0.4, 0.5) is 0 Å². The highest BCUT2D eigenvalue weighted by atomic mass is 16.3. The molecular weight excluding hydrogens is 316 g/mol. The molecule has 2 heterocycles. The topological polar surface area (TPSA) is 62.6 Å². The molecular formula is C20H24N2O3. The van der Waals surface area contributed by atoms with E-state index in [-0.39, 0.29) is 17.9 Å². The van der Waals surface area contributed by atoms with Crippen molar-refractivity contribution in [2.24, 2.45) is 0 Å². The maximum Gasteiger partial charge on any atom is 0.254 e. The second-order valence-electron chi connectivity index (χ2n) is 6.49. The summed E-state index contributed by atoms with van der Waals surface area (Å²) in [6.45, 7) is 2.71. The Labute approximate surface area is 148 Å². The maximum absolute atomic E-state index is 13.1. The lowest BCUT2D eigenvalue weighted by Gasteiger charge is -2.28. The normalized spacial score (nSPS) is 17.8. The molecule has 1 aliphatic heterocycles. The van der Waals surface area contributed by atoms with Gasteiger partial charge in [-0.15, -0.1) is 0 Å². The summed E-state index contributed by atoms with van der Waals surface area (Å²) in [6, 6.07) is 11.3. The van der Waals surface area contributed by atoms with Gasteiger partial charge in [-0.25, -0.2) is 0 Å². The number of carbonyl (C=O) groups excluding carboxylic acids is 2. The largest absolute Gasteiger partial charge is 0.467 e. The van der Waals surface area contributed by atoms with Crippen molar-refractivity contribution in [2.45, 2.75) is 45.2 Å². The fourth-order valence-electron chi connectivity index (χ4n) is 3.29. The molecule has 1 saturated heterocycles. The zero-order chi connectivity index (χ0) is 17.6. The van der Waals surface area contributed by atoms with Crippen molar-refractivity contribution in [1.29, 1.82) is 0 Å². The maximum atomic E-state index is 13.1. The van der Waals surface area contributed by atoms with Gasteiger partial charge in [-0.05, 0) is 42.7 Å². The molecule has 0 aliphatic carbocycles. The van der Waals surface area contributed by atoms with Crippen LogP contribution < -0.4 is 5.32 Å². The molecule has 1 N–H and O–H groups in total. The van der Waals surface area contributed by atoms with Crippen LogP contribution in [0.1, 0.15) is 60.3 Å². The van der Waals surface area contributed by atoms with E-state index in [0.29, 0.717) is 12.1 Å². The molecule has 1 aromatic heterocycles. The van der Waals surface area contributed by atoms with E-state index in [2.05, 4.69) is 5.32 Å². The monoisotopic (exact) mass is 340 g/mol. The molecule has 1 atom stereocenters. The average molecular weight is 340 g/mol. The zero-order valence-electron chi connectivity index (χ0n) is 14.5. The Hall–Kier alpha value is -2.56. The van der Waals surface area contributed by atoms with Crippen molar-refractivity contribution in [3.8, 4) is 0 Å². The van der Waals surface area contributed by atoms with Crippen LogP contribution in [-0.2, 0) is 11.3 Å². The van der Waals surface area contributed by atoms with Gasteiger partial charge in [-0.3, -0.25) is 9.59 Å². The third kappa shape index (κ3) is 4.29. The highest BCUT2D eigenvalue weighted by molar-refractivity contribution is 5.94. The van der Waals surface area contributed by atoms with Crippen LogP contribution in [0.3, 0.4) is 0 Å². The van der Waals surface area contributed by atoms with Gasteiger partial charge in [0.2, 0.25) is 5.91 Å². The standard InChI is InChI=1S/C20H24N2O3/c1-15(23)21-14-16-8-10-17(11-9-16)20(24)22-12-4-2-3-6-18(22)19-7-5-13-25-19/h5,7-11,13,18H,2-4,6,12,14H2,1H3,(H,21,23)/t18-/m1/s1. The molecule has 1 aliphatic rings. The SMILES string of the molecule is CC(=O)NCc1ccc(C(=O)N2CCCCC[C@@H]2c2ccco2)cc1. The van der Waals surface area contributed by atoms with Crippen LogP contribution in [0.2, 0.25) is 0 Å². The number of nitrogens with zero attached hydrogens (tertiary/aromatic N) is 1. The second-order valence-corrected chi connectivity index (χ2v) is 6.49. The van der Waals surface area contributed by atoms with Crippen LogP contribution in [0, 0.1) is 0 Å². The molecule has 0 saturated carbocycles. The first-order valence-electron chi connectivity index (χ1n) is 8.83. The Kier molecular flexibility index (Phi) is 5.53. The number of furan rings is 1. The lowest BCUT2D eigenvalue weighted by atomic mass is 10.1. The zero-order valence-corrected chi connectivity index (χ0v) is 14.5. The molecule has 1 fully saturated rings. The molecule has 0 radical (unpaired) electrons. The van der Waals surface area contributed by atoms with Crippen LogP contribution in [-0.4, -0.2) is 23.3 Å². The van der Waals surface area contributed by atoms with E-state index < -0.39 is 0 Å². The number of amides is 2. The lowest BCUT2D eigenvalue weighted by Crippen LogP contribution is -2.34. The number of hydrogen-bond donors (Lipinski definition) is 1. The summed E-state index contributed by atoms with van der Waals surface area (Å²) >= 11 is 0. The van der Waals surface area contributed by atoms with Gasteiger partial charge in [-0.2, -0.15) is 0 Å². The van der Waals surface area contributed by atoms with E-state index >= 15 is 0 Å². The summed E-state index contributed by atoms with van der Waals surface area (Å²) in [5, 5.41) is 2.76. The fourth-order valence-corrected chi connectivity index (χ4v) is 3.29. The molecule has 2 aromatic rings. The first kappa shape index (κ1) is 17.3. The predicted molar refractivity (Wildman–Crippen MR) is 94.9 cm³/mol. The third-order valence-corrected chi connectivity index (χ3v) is 4.63. The summed E-state index contributed by atoms with van der Waals surface area (Å²) < 4.78 is 5.58. The van der Waals surface area contributed by atoms with Crippen molar-refractivity contribution >= 4 is 11.8 Å². The minimum Gasteiger partial charge on any atom is -0.467 e. The van der Waals surface area contributed by atoms with Gasteiger partial charge in [0.15, 0.2) is 0 Å². The van der Waals surface area contributed by atoms with Gasteiger partial charge >= 0.3 is 0 Å². The van der Waals surface area contributed by atoms with E-state index in [4.69, 9.17) is 4.42 Å². The molecule has 5 heteroatoms. The Morgan fingerprint density at radius 1 is 1.16 bits per heavy atom. The first-order chi connectivity index (χ1) is 12.1. The quantitative estimate of drug-likeness (QED) is 0.923. The van der Waals surface area contributed by atoms with Crippen LogP contribution in [0.5, 0.6) is 0 Å². The van der Waals surface area contributed by atoms with Crippen molar-refractivity contribution in [1.82, 2.24) is 10.2 Å². The van der Waals surface area contributed by atoms with Crippen LogP contribution in [0.25, 0.3) is 0 Å². The first-order valence-corrected chi connectivity index (χ1v) is 8.83. The minimum absolute atomic E-state index is 0.00376. The summed E-state index contributed by atoms with van der Waals surface area (Å²) in [4.78, 5) is 26.0. The summed E-state index contributed by atoms with van der Waals surface area (Å²) in [6.07, 6.45) is 5.85. The number of rotatable bonds is 4.